The van der Waals surface area contributed by atoms with E-state index in [-0.39, 0.29) is 19.3 Å². The van der Waals surface area contributed by atoms with Crippen LogP contribution < -0.4 is 0 Å². The summed E-state index contributed by atoms with van der Waals surface area (Å²) in [6.07, 6.45) is 1.13. The van der Waals surface area contributed by atoms with E-state index in [1.807, 2.05) is 6.92 Å². The fourth-order valence-corrected chi connectivity index (χ4v) is 1.45. The standard InChI is InChI=1S/C14H24O6/c1-4-7-10(15)13(19-11(16)8-5-2)14(18)20-12(17)9-6-3/h10,15,18H,4-9H2,1-3H3/b14-13+. The van der Waals surface area contributed by atoms with Gasteiger partial charge >= 0.3 is 17.9 Å². The highest BCUT2D eigenvalue weighted by Gasteiger charge is 2.23. The van der Waals surface area contributed by atoms with E-state index in [1.54, 1.807) is 13.8 Å². The molecule has 6 nitrogen and oxygen atoms in total. The van der Waals surface area contributed by atoms with E-state index in [0.717, 1.165) is 0 Å². The summed E-state index contributed by atoms with van der Waals surface area (Å²) in [4.78, 5) is 22.8. The van der Waals surface area contributed by atoms with Gasteiger partial charge in [-0.2, -0.15) is 0 Å². The molecular formula is C14H24O6. The summed E-state index contributed by atoms with van der Waals surface area (Å²) in [7, 11) is 0. The molecule has 1 unspecified atom stereocenters. The maximum atomic E-state index is 11.5. The zero-order valence-corrected chi connectivity index (χ0v) is 12.3. The average molecular weight is 288 g/mol. The van der Waals surface area contributed by atoms with Crippen LogP contribution in [0.2, 0.25) is 0 Å². The fraction of sp³-hybridized carbons (Fsp3) is 0.714. The van der Waals surface area contributed by atoms with Crippen molar-refractivity contribution in [1.29, 1.82) is 0 Å². The number of carbonyl (C=O) groups is 2. The van der Waals surface area contributed by atoms with Crippen LogP contribution in [0.4, 0.5) is 0 Å². The van der Waals surface area contributed by atoms with Gasteiger partial charge in [0.1, 0.15) is 6.10 Å². The summed E-state index contributed by atoms with van der Waals surface area (Å²) in [6.45, 7) is 5.42. The van der Waals surface area contributed by atoms with Crippen LogP contribution in [0.1, 0.15) is 59.3 Å². The number of esters is 2. The number of hydrogen-bond donors (Lipinski definition) is 2. The Morgan fingerprint density at radius 3 is 1.90 bits per heavy atom. The predicted molar refractivity (Wildman–Crippen MR) is 72.6 cm³/mol. The quantitative estimate of drug-likeness (QED) is 0.500. The molecule has 0 rings (SSSR count). The summed E-state index contributed by atoms with van der Waals surface area (Å²) in [5.41, 5.74) is 0. The van der Waals surface area contributed by atoms with Gasteiger partial charge in [0.15, 0.2) is 0 Å². The molecule has 0 aliphatic rings. The van der Waals surface area contributed by atoms with Crippen molar-refractivity contribution in [2.24, 2.45) is 0 Å². The number of carbonyl (C=O) groups excluding carboxylic acids is 2. The molecule has 1 atom stereocenters. The van der Waals surface area contributed by atoms with Gasteiger partial charge in [0, 0.05) is 12.8 Å². The lowest BCUT2D eigenvalue weighted by molar-refractivity contribution is -0.149. The molecule has 0 fully saturated rings. The second kappa shape index (κ2) is 10.3. The van der Waals surface area contributed by atoms with Gasteiger partial charge in [0.05, 0.1) is 0 Å². The zero-order valence-electron chi connectivity index (χ0n) is 12.3. The van der Waals surface area contributed by atoms with E-state index in [4.69, 9.17) is 4.74 Å². The summed E-state index contributed by atoms with van der Waals surface area (Å²) >= 11 is 0. The molecule has 0 amide bonds. The van der Waals surface area contributed by atoms with Gasteiger partial charge in [-0.1, -0.05) is 27.2 Å². The molecule has 0 saturated heterocycles. The summed E-state index contributed by atoms with van der Waals surface area (Å²) in [6, 6.07) is 0. The van der Waals surface area contributed by atoms with Gasteiger partial charge in [0.25, 0.3) is 0 Å². The third kappa shape index (κ3) is 7.13. The molecule has 0 aromatic heterocycles. The van der Waals surface area contributed by atoms with Gasteiger partial charge in [-0.15, -0.1) is 0 Å². The van der Waals surface area contributed by atoms with Crippen LogP contribution in [0.15, 0.2) is 11.7 Å². The van der Waals surface area contributed by atoms with Crippen LogP contribution in [-0.4, -0.2) is 28.3 Å². The molecule has 0 aromatic rings. The Hall–Kier alpha value is -1.56. The van der Waals surface area contributed by atoms with Crippen molar-refractivity contribution < 1.29 is 29.3 Å². The Balaban J connectivity index is 4.96. The van der Waals surface area contributed by atoms with Crippen molar-refractivity contribution in [1.82, 2.24) is 0 Å². The molecule has 20 heavy (non-hydrogen) atoms. The highest BCUT2D eigenvalue weighted by molar-refractivity contribution is 5.71. The second-order valence-electron chi connectivity index (χ2n) is 4.42. The second-order valence-corrected chi connectivity index (χ2v) is 4.42. The molecule has 116 valence electrons. The lowest BCUT2D eigenvalue weighted by Gasteiger charge is -2.15. The van der Waals surface area contributed by atoms with Crippen molar-refractivity contribution >= 4 is 11.9 Å². The molecule has 0 saturated carbocycles. The Kier molecular flexibility index (Phi) is 9.45. The smallest absolute Gasteiger partial charge is 0.327 e. The largest absolute Gasteiger partial charge is 0.478 e. The van der Waals surface area contributed by atoms with E-state index in [2.05, 4.69) is 4.74 Å². The molecule has 0 radical (unpaired) electrons. The van der Waals surface area contributed by atoms with E-state index >= 15 is 0 Å². The lowest BCUT2D eigenvalue weighted by Crippen LogP contribution is -2.20. The Labute approximate surface area is 119 Å². The maximum absolute atomic E-state index is 11.5. The van der Waals surface area contributed by atoms with Gasteiger partial charge in [-0.3, -0.25) is 9.59 Å². The maximum Gasteiger partial charge on any atom is 0.327 e. The van der Waals surface area contributed by atoms with E-state index < -0.39 is 29.7 Å². The first-order valence-corrected chi connectivity index (χ1v) is 6.98. The van der Waals surface area contributed by atoms with E-state index in [9.17, 15) is 19.8 Å². The molecule has 2 N–H and O–H groups in total. The van der Waals surface area contributed by atoms with Crippen LogP contribution in [0, 0.1) is 0 Å². The highest BCUT2D eigenvalue weighted by Crippen LogP contribution is 2.17. The fourth-order valence-electron chi connectivity index (χ4n) is 1.45. The third-order valence-corrected chi connectivity index (χ3v) is 2.42. The Morgan fingerprint density at radius 1 is 0.950 bits per heavy atom. The minimum atomic E-state index is -1.18. The van der Waals surface area contributed by atoms with Gasteiger partial charge in [-0.05, 0) is 19.3 Å². The van der Waals surface area contributed by atoms with Crippen LogP contribution in [0.3, 0.4) is 0 Å². The highest BCUT2D eigenvalue weighted by atomic mass is 16.6. The van der Waals surface area contributed by atoms with Crippen molar-refractivity contribution in [3.8, 4) is 0 Å². The predicted octanol–water partition coefficient (Wildman–Crippen LogP) is 2.56. The van der Waals surface area contributed by atoms with Gasteiger partial charge < -0.3 is 19.7 Å². The third-order valence-electron chi connectivity index (χ3n) is 2.42. The van der Waals surface area contributed by atoms with Crippen molar-refractivity contribution in [3.63, 3.8) is 0 Å². The first-order chi connectivity index (χ1) is 9.46. The van der Waals surface area contributed by atoms with Crippen LogP contribution in [0.25, 0.3) is 0 Å². The van der Waals surface area contributed by atoms with Crippen molar-refractivity contribution in [3.05, 3.63) is 11.7 Å². The molecule has 0 aliphatic heterocycles. The monoisotopic (exact) mass is 288 g/mol. The minimum absolute atomic E-state index is 0.129. The van der Waals surface area contributed by atoms with E-state index in [0.29, 0.717) is 19.3 Å². The number of rotatable bonds is 9. The topological polar surface area (TPSA) is 93.1 Å². The summed E-state index contributed by atoms with van der Waals surface area (Å²) in [5.74, 6) is -2.46. The molecule has 0 heterocycles. The van der Waals surface area contributed by atoms with Crippen LogP contribution in [0.5, 0.6) is 0 Å². The zero-order chi connectivity index (χ0) is 15.5. The lowest BCUT2D eigenvalue weighted by atomic mass is 10.2. The number of aliphatic hydroxyl groups excluding tert-OH is 2. The summed E-state index contributed by atoms with van der Waals surface area (Å²) in [5, 5.41) is 19.6. The van der Waals surface area contributed by atoms with Crippen molar-refractivity contribution in [2.75, 3.05) is 0 Å². The number of hydrogen-bond acceptors (Lipinski definition) is 6. The van der Waals surface area contributed by atoms with Crippen LogP contribution in [-0.2, 0) is 19.1 Å². The number of ether oxygens (including phenoxy) is 2. The van der Waals surface area contributed by atoms with E-state index in [1.165, 1.54) is 0 Å². The molecule has 0 bridgehead atoms. The molecule has 6 heteroatoms. The first-order valence-electron chi connectivity index (χ1n) is 6.98. The van der Waals surface area contributed by atoms with Gasteiger partial charge in [-0.25, -0.2) is 0 Å². The van der Waals surface area contributed by atoms with Gasteiger partial charge in [0.2, 0.25) is 5.76 Å². The molecule has 0 spiro atoms. The Morgan fingerprint density at radius 2 is 1.45 bits per heavy atom. The Bertz CT molecular complexity index is 348. The molecule has 0 aliphatic carbocycles. The SMILES string of the molecule is CCCC(=O)O/C(O)=C(/OC(=O)CCC)C(O)CCC. The van der Waals surface area contributed by atoms with Crippen LogP contribution >= 0.6 is 0 Å². The molecule has 0 aromatic carbocycles. The normalized spacial score (nSPS) is 13.4. The van der Waals surface area contributed by atoms with Crippen molar-refractivity contribution in [2.45, 2.75) is 65.4 Å². The number of aliphatic hydroxyl groups is 2. The first kappa shape index (κ1) is 18.4. The average Bonchev–Trinajstić information content (AvgIpc) is 2.36. The summed E-state index contributed by atoms with van der Waals surface area (Å²) < 4.78 is 9.57. The minimum Gasteiger partial charge on any atom is -0.478 e. The molecular weight excluding hydrogens is 264 g/mol.